The van der Waals surface area contributed by atoms with Gasteiger partial charge in [-0.05, 0) is 36.6 Å². The molecule has 0 amide bonds. The normalized spacial score (nSPS) is 11.8. The number of allylic oxidation sites excluding steroid dienone is 2. The highest BCUT2D eigenvalue weighted by molar-refractivity contribution is 5.60. The van der Waals surface area contributed by atoms with Crippen LogP contribution in [0.1, 0.15) is 30.5 Å². The minimum atomic E-state index is 0.321. The van der Waals surface area contributed by atoms with Crippen LogP contribution in [0.5, 0.6) is 0 Å². The molecule has 1 heteroatoms. The summed E-state index contributed by atoms with van der Waals surface area (Å²) >= 11 is 0. The summed E-state index contributed by atoms with van der Waals surface area (Å²) in [6.45, 7) is 9.86. The van der Waals surface area contributed by atoms with Gasteiger partial charge in [0.2, 0.25) is 0 Å². The highest BCUT2D eigenvalue weighted by Gasteiger charge is 2.07. The molecule has 0 aliphatic carbocycles. The van der Waals surface area contributed by atoms with Crippen molar-refractivity contribution in [3.05, 3.63) is 79.0 Å². The summed E-state index contributed by atoms with van der Waals surface area (Å²) in [5.74, 6) is 0.321. The highest BCUT2D eigenvalue weighted by atomic mass is 14.7. The summed E-state index contributed by atoms with van der Waals surface area (Å²) < 4.78 is 0. The smallest absolute Gasteiger partial charge is 0.0705 e. The van der Waals surface area contributed by atoms with Gasteiger partial charge in [0.1, 0.15) is 0 Å². The van der Waals surface area contributed by atoms with Crippen LogP contribution >= 0.6 is 0 Å². The Morgan fingerprint density at radius 2 is 1.95 bits per heavy atom. The number of hydrogen-bond acceptors (Lipinski definition) is 1. The van der Waals surface area contributed by atoms with Gasteiger partial charge in [0, 0.05) is 17.2 Å². The van der Waals surface area contributed by atoms with Crippen molar-refractivity contribution < 1.29 is 0 Å². The van der Waals surface area contributed by atoms with Gasteiger partial charge in [-0.3, -0.25) is 4.98 Å². The van der Waals surface area contributed by atoms with E-state index in [1.165, 1.54) is 5.56 Å². The third-order valence-electron chi connectivity index (χ3n) is 3.48. The van der Waals surface area contributed by atoms with Gasteiger partial charge >= 0.3 is 0 Å². The molecule has 0 bridgehead atoms. The second-order valence-corrected chi connectivity index (χ2v) is 4.86. The minimum absolute atomic E-state index is 0.321. The van der Waals surface area contributed by atoms with E-state index in [1.807, 2.05) is 12.2 Å². The number of hydrogen-bond donors (Lipinski definition) is 0. The molecule has 2 rings (SSSR count). The molecule has 0 saturated carbocycles. The lowest BCUT2D eigenvalue weighted by Crippen LogP contribution is -1.95. The first-order chi connectivity index (χ1) is 9.78. The standard InChI is InChI=1S/C19H21N/c1-4-9-15(5-2)16-10-7-11-17(14-16)19-13-8-12-18(6-3)20-19/h4-5,7-8,10-15H,1-2,6,9H2,3H3. The maximum absolute atomic E-state index is 4.69. The molecule has 0 radical (unpaired) electrons. The molecule has 1 aromatic carbocycles. The Kier molecular flexibility index (Phi) is 4.89. The van der Waals surface area contributed by atoms with Crippen LogP contribution in [-0.4, -0.2) is 4.98 Å². The summed E-state index contributed by atoms with van der Waals surface area (Å²) in [6.07, 6.45) is 5.79. The molecule has 0 aliphatic heterocycles. The molecule has 1 aromatic heterocycles. The number of aromatic nitrogens is 1. The Hall–Kier alpha value is -2.15. The fraction of sp³-hybridized carbons (Fsp3) is 0.211. The number of nitrogens with zero attached hydrogens (tertiary/aromatic N) is 1. The predicted molar refractivity (Wildman–Crippen MR) is 86.8 cm³/mol. The van der Waals surface area contributed by atoms with E-state index >= 15 is 0 Å². The van der Waals surface area contributed by atoms with Crippen LogP contribution in [0.15, 0.2) is 67.8 Å². The number of pyridine rings is 1. The lowest BCUT2D eigenvalue weighted by Gasteiger charge is -2.12. The maximum Gasteiger partial charge on any atom is 0.0705 e. The Labute approximate surface area is 121 Å². The molecule has 20 heavy (non-hydrogen) atoms. The van der Waals surface area contributed by atoms with Crippen LogP contribution < -0.4 is 0 Å². The summed E-state index contributed by atoms with van der Waals surface area (Å²) in [5, 5.41) is 0. The maximum atomic E-state index is 4.69. The topological polar surface area (TPSA) is 12.9 Å². The summed E-state index contributed by atoms with van der Waals surface area (Å²) in [6, 6.07) is 14.7. The fourth-order valence-corrected chi connectivity index (χ4v) is 2.31. The van der Waals surface area contributed by atoms with Crippen molar-refractivity contribution >= 4 is 0 Å². The van der Waals surface area contributed by atoms with Crippen molar-refractivity contribution in [2.75, 3.05) is 0 Å². The number of aryl methyl sites for hydroxylation is 1. The van der Waals surface area contributed by atoms with Crippen LogP contribution in [0.3, 0.4) is 0 Å². The average Bonchev–Trinajstić information content (AvgIpc) is 2.52. The SMILES string of the molecule is C=CCC(C=C)c1cccc(-c2cccc(CC)n2)c1. The van der Waals surface area contributed by atoms with Gasteiger partial charge in [0.05, 0.1) is 5.69 Å². The molecular formula is C19H21N. The molecule has 2 aromatic rings. The van der Waals surface area contributed by atoms with Crippen molar-refractivity contribution in [1.82, 2.24) is 4.98 Å². The first-order valence-electron chi connectivity index (χ1n) is 7.08. The van der Waals surface area contributed by atoms with E-state index in [2.05, 4.69) is 67.5 Å². The van der Waals surface area contributed by atoms with Gasteiger partial charge in [0.25, 0.3) is 0 Å². The molecule has 0 spiro atoms. The Morgan fingerprint density at radius 3 is 2.65 bits per heavy atom. The molecule has 1 atom stereocenters. The molecule has 0 aliphatic rings. The van der Waals surface area contributed by atoms with E-state index in [0.717, 1.165) is 29.8 Å². The Morgan fingerprint density at radius 1 is 1.15 bits per heavy atom. The van der Waals surface area contributed by atoms with Gasteiger partial charge < -0.3 is 0 Å². The van der Waals surface area contributed by atoms with Crippen LogP contribution in [0.25, 0.3) is 11.3 Å². The zero-order valence-electron chi connectivity index (χ0n) is 12.0. The van der Waals surface area contributed by atoms with Crippen LogP contribution in [0, 0.1) is 0 Å². The van der Waals surface area contributed by atoms with Gasteiger partial charge in [0.15, 0.2) is 0 Å². The minimum Gasteiger partial charge on any atom is -0.253 e. The lowest BCUT2D eigenvalue weighted by molar-refractivity contribution is 0.868. The first-order valence-corrected chi connectivity index (χ1v) is 7.08. The predicted octanol–water partition coefficient (Wildman–Crippen LogP) is 5.16. The van der Waals surface area contributed by atoms with Crippen molar-refractivity contribution in [3.8, 4) is 11.3 Å². The first kappa shape index (κ1) is 14.3. The van der Waals surface area contributed by atoms with Crippen molar-refractivity contribution in [2.24, 2.45) is 0 Å². The molecule has 1 nitrogen and oxygen atoms in total. The zero-order valence-corrected chi connectivity index (χ0v) is 12.0. The Balaban J connectivity index is 2.37. The quantitative estimate of drug-likeness (QED) is 0.656. The molecule has 102 valence electrons. The van der Waals surface area contributed by atoms with E-state index in [0.29, 0.717) is 5.92 Å². The van der Waals surface area contributed by atoms with Gasteiger partial charge in [-0.15, -0.1) is 13.2 Å². The van der Waals surface area contributed by atoms with Crippen LogP contribution in [0.2, 0.25) is 0 Å². The van der Waals surface area contributed by atoms with E-state index < -0.39 is 0 Å². The fourth-order valence-electron chi connectivity index (χ4n) is 2.31. The zero-order chi connectivity index (χ0) is 14.4. The van der Waals surface area contributed by atoms with E-state index in [9.17, 15) is 0 Å². The van der Waals surface area contributed by atoms with Gasteiger partial charge in [-0.1, -0.05) is 43.3 Å². The van der Waals surface area contributed by atoms with Crippen molar-refractivity contribution in [1.29, 1.82) is 0 Å². The largest absolute Gasteiger partial charge is 0.253 e. The van der Waals surface area contributed by atoms with E-state index in [-0.39, 0.29) is 0 Å². The Bertz CT molecular complexity index is 598. The second-order valence-electron chi connectivity index (χ2n) is 4.86. The van der Waals surface area contributed by atoms with E-state index in [4.69, 9.17) is 0 Å². The third-order valence-corrected chi connectivity index (χ3v) is 3.48. The number of rotatable bonds is 6. The van der Waals surface area contributed by atoms with Crippen molar-refractivity contribution in [3.63, 3.8) is 0 Å². The average molecular weight is 263 g/mol. The third kappa shape index (κ3) is 3.24. The molecular weight excluding hydrogens is 242 g/mol. The van der Waals surface area contributed by atoms with E-state index in [1.54, 1.807) is 0 Å². The van der Waals surface area contributed by atoms with Crippen molar-refractivity contribution in [2.45, 2.75) is 25.7 Å². The van der Waals surface area contributed by atoms with Crippen LogP contribution in [0.4, 0.5) is 0 Å². The van der Waals surface area contributed by atoms with Crippen LogP contribution in [-0.2, 0) is 6.42 Å². The van der Waals surface area contributed by atoms with Gasteiger partial charge in [-0.2, -0.15) is 0 Å². The molecule has 0 saturated heterocycles. The molecule has 1 unspecified atom stereocenters. The summed E-state index contributed by atoms with van der Waals surface area (Å²) in [7, 11) is 0. The molecule has 0 fully saturated rings. The monoisotopic (exact) mass is 263 g/mol. The van der Waals surface area contributed by atoms with Gasteiger partial charge in [-0.25, -0.2) is 0 Å². The summed E-state index contributed by atoms with van der Waals surface area (Å²) in [4.78, 5) is 4.69. The molecule has 0 N–H and O–H groups in total. The summed E-state index contributed by atoms with van der Waals surface area (Å²) in [5.41, 5.74) is 4.58. The lowest BCUT2D eigenvalue weighted by atomic mass is 9.94. The number of benzene rings is 1. The second kappa shape index (κ2) is 6.85. The molecule has 1 heterocycles. The highest BCUT2D eigenvalue weighted by Crippen LogP contribution is 2.26.